The van der Waals surface area contributed by atoms with Gasteiger partial charge in [-0.3, -0.25) is 9.78 Å². The number of carbonyl (C=O) groups excluding carboxylic acids is 1. The Hall–Kier alpha value is -2.33. The third kappa shape index (κ3) is 5.68. The van der Waals surface area contributed by atoms with Crippen LogP contribution in [0.25, 0.3) is 11.0 Å². The number of nitrogens with zero attached hydrogens (tertiary/aromatic N) is 6. The Bertz CT molecular complexity index is 1010. The first-order valence-corrected chi connectivity index (χ1v) is 12.6. The predicted octanol–water partition coefficient (Wildman–Crippen LogP) is 3.23. The molecule has 1 aliphatic rings. The van der Waals surface area contributed by atoms with E-state index < -0.39 is 0 Å². The fourth-order valence-electron chi connectivity index (χ4n) is 3.56. The minimum atomic E-state index is 0.00383. The van der Waals surface area contributed by atoms with Gasteiger partial charge in [0.05, 0.1) is 23.9 Å². The smallest absolute Gasteiger partial charge is 0.230 e. The maximum absolute atomic E-state index is 12.2. The van der Waals surface area contributed by atoms with E-state index in [9.17, 15) is 4.79 Å². The van der Waals surface area contributed by atoms with Crippen molar-refractivity contribution in [1.82, 2.24) is 30.0 Å². The summed E-state index contributed by atoms with van der Waals surface area (Å²) in [6.45, 7) is 5.24. The van der Waals surface area contributed by atoms with Crippen LogP contribution in [0, 0.1) is 0 Å². The van der Waals surface area contributed by atoms with Gasteiger partial charge in [-0.25, -0.2) is 14.6 Å². The van der Waals surface area contributed by atoms with Crippen molar-refractivity contribution in [3.8, 4) is 0 Å². The lowest BCUT2D eigenvalue weighted by atomic mass is 10.1. The van der Waals surface area contributed by atoms with Crippen LogP contribution in [0.3, 0.4) is 0 Å². The Kier molecular flexibility index (Phi) is 7.63. The molecule has 164 valence electrons. The molecule has 1 fully saturated rings. The zero-order valence-corrected chi connectivity index (χ0v) is 19.3. The molecule has 1 saturated heterocycles. The number of nitrogens with one attached hydrogen (secondary N) is 1. The van der Waals surface area contributed by atoms with Crippen molar-refractivity contribution >= 4 is 46.3 Å². The molecule has 0 atom stereocenters. The monoisotopic (exact) mass is 457 g/mol. The maximum atomic E-state index is 12.2. The molecule has 4 rings (SSSR count). The molecule has 0 unspecified atom stereocenters. The van der Waals surface area contributed by atoms with Crippen LogP contribution >= 0.6 is 23.5 Å². The van der Waals surface area contributed by atoms with E-state index in [1.54, 1.807) is 24.2 Å². The first-order chi connectivity index (χ1) is 15.2. The highest BCUT2D eigenvalue weighted by atomic mass is 32.2. The third-order valence-corrected chi connectivity index (χ3v) is 6.79. The fraction of sp³-hybridized carbons (Fsp3) is 0.476. The topological polar surface area (TPSA) is 88.8 Å². The van der Waals surface area contributed by atoms with E-state index in [1.807, 2.05) is 23.0 Å². The molecule has 1 amide bonds. The van der Waals surface area contributed by atoms with Crippen molar-refractivity contribution in [3.63, 3.8) is 0 Å². The molecule has 31 heavy (non-hydrogen) atoms. The van der Waals surface area contributed by atoms with Gasteiger partial charge in [0.1, 0.15) is 5.82 Å². The van der Waals surface area contributed by atoms with Gasteiger partial charge in [-0.1, -0.05) is 18.7 Å². The van der Waals surface area contributed by atoms with Gasteiger partial charge < -0.3 is 10.2 Å². The first-order valence-electron chi connectivity index (χ1n) is 10.7. The average molecular weight is 458 g/mol. The summed E-state index contributed by atoms with van der Waals surface area (Å²) in [5, 5.41) is 9.31. The summed E-state index contributed by atoms with van der Waals surface area (Å²) in [7, 11) is 0. The standard InChI is InChI=1S/C21H27N7OS2/c1-2-30-21-25-19(27-11-4-3-5-12-27)17-14-24-28(20(17)26-21)13-10-23-18(29)15-31-16-6-8-22-9-7-16/h6-9,14H,2-5,10-13,15H2,1H3,(H,23,29). The molecule has 3 aromatic heterocycles. The zero-order chi connectivity index (χ0) is 21.5. The number of hydrogen-bond acceptors (Lipinski definition) is 8. The highest BCUT2D eigenvalue weighted by molar-refractivity contribution is 8.00. The van der Waals surface area contributed by atoms with Crippen LogP contribution in [0.15, 0.2) is 40.8 Å². The normalized spacial score (nSPS) is 14.2. The number of piperidine rings is 1. The van der Waals surface area contributed by atoms with Crippen molar-refractivity contribution < 1.29 is 4.79 Å². The van der Waals surface area contributed by atoms with E-state index in [4.69, 9.17) is 9.97 Å². The van der Waals surface area contributed by atoms with E-state index in [1.165, 1.54) is 31.0 Å². The summed E-state index contributed by atoms with van der Waals surface area (Å²) < 4.78 is 1.88. The van der Waals surface area contributed by atoms with Gasteiger partial charge in [0.2, 0.25) is 5.91 Å². The molecule has 1 N–H and O–H groups in total. The highest BCUT2D eigenvalue weighted by Gasteiger charge is 2.20. The van der Waals surface area contributed by atoms with Gasteiger partial charge in [0.25, 0.3) is 0 Å². The molecule has 0 saturated carbocycles. The Balaban J connectivity index is 1.41. The van der Waals surface area contributed by atoms with Gasteiger partial charge in [-0.2, -0.15) is 5.10 Å². The molecule has 0 bridgehead atoms. The van der Waals surface area contributed by atoms with Crippen molar-refractivity contribution in [2.45, 2.75) is 42.8 Å². The lowest BCUT2D eigenvalue weighted by Gasteiger charge is -2.28. The molecule has 10 heteroatoms. The molecule has 0 spiro atoms. The molecule has 0 radical (unpaired) electrons. The molecule has 4 heterocycles. The number of thioether (sulfide) groups is 2. The van der Waals surface area contributed by atoms with Gasteiger partial charge in [-0.05, 0) is 37.1 Å². The Morgan fingerprint density at radius 3 is 2.71 bits per heavy atom. The van der Waals surface area contributed by atoms with E-state index in [2.05, 4.69) is 27.2 Å². The van der Waals surface area contributed by atoms with Crippen LogP contribution in [-0.4, -0.2) is 61.8 Å². The van der Waals surface area contributed by atoms with E-state index in [-0.39, 0.29) is 5.91 Å². The SMILES string of the molecule is CCSc1nc(N2CCCCC2)c2cnn(CCNC(=O)CSc3ccncc3)c2n1. The minimum Gasteiger partial charge on any atom is -0.356 e. The van der Waals surface area contributed by atoms with Gasteiger partial charge >= 0.3 is 0 Å². The summed E-state index contributed by atoms with van der Waals surface area (Å²) >= 11 is 3.15. The van der Waals surface area contributed by atoms with Crippen LogP contribution < -0.4 is 10.2 Å². The van der Waals surface area contributed by atoms with E-state index in [0.717, 1.165) is 45.7 Å². The number of carbonyl (C=O) groups is 1. The predicted molar refractivity (Wildman–Crippen MR) is 126 cm³/mol. The summed E-state index contributed by atoms with van der Waals surface area (Å²) in [5.41, 5.74) is 0.840. The fourth-order valence-corrected chi connectivity index (χ4v) is 4.83. The molecule has 3 aromatic rings. The number of aromatic nitrogens is 5. The molecule has 8 nitrogen and oxygen atoms in total. The second-order valence-electron chi connectivity index (χ2n) is 7.24. The van der Waals surface area contributed by atoms with Crippen molar-refractivity contribution in [2.24, 2.45) is 0 Å². The maximum Gasteiger partial charge on any atom is 0.230 e. The second-order valence-corrected chi connectivity index (χ2v) is 9.52. The molecule has 0 aromatic carbocycles. The summed E-state index contributed by atoms with van der Waals surface area (Å²) in [6.07, 6.45) is 8.99. The lowest BCUT2D eigenvalue weighted by molar-refractivity contribution is -0.118. The number of pyridine rings is 1. The van der Waals surface area contributed by atoms with Crippen LogP contribution in [-0.2, 0) is 11.3 Å². The van der Waals surface area contributed by atoms with Crippen molar-refractivity contribution in [1.29, 1.82) is 0 Å². The summed E-state index contributed by atoms with van der Waals surface area (Å²) in [6, 6.07) is 3.80. The van der Waals surface area contributed by atoms with Crippen LogP contribution in [0.2, 0.25) is 0 Å². The molecule has 1 aliphatic heterocycles. The molecular formula is C21H27N7OS2. The van der Waals surface area contributed by atoms with Crippen LogP contribution in [0.4, 0.5) is 5.82 Å². The van der Waals surface area contributed by atoms with E-state index in [0.29, 0.717) is 18.8 Å². The number of amides is 1. The minimum absolute atomic E-state index is 0.00383. The quantitative estimate of drug-likeness (QED) is 0.387. The summed E-state index contributed by atoms with van der Waals surface area (Å²) in [5.74, 6) is 2.29. The molecular weight excluding hydrogens is 430 g/mol. The van der Waals surface area contributed by atoms with Crippen LogP contribution in [0.1, 0.15) is 26.2 Å². The average Bonchev–Trinajstić information content (AvgIpc) is 3.21. The van der Waals surface area contributed by atoms with Gasteiger partial charge in [0.15, 0.2) is 10.8 Å². The highest BCUT2D eigenvalue weighted by Crippen LogP contribution is 2.29. The lowest BCUT2D eigenvalue weighted by Crippen LogP contribution is -2.30. The van der Waals surface area contributed by atoms with Gasteiger partial charge in [0, 0.05) is 36.9 Å². The van der Waals surface area contributed by atoms with Crippen molar-refractivity contribution in [2.75, 3.05) is 36.0 Å². The Morgan fingerprint density at radius 2 is 1.94 bits per heavy atom. The number of hydrogen-bond donors (Lipinski definition) is 1. The molecule has 0 aliphatic carbocycles. The largest absolute Gasteiger partial charge is 0.356 e. The van der Waals surface area contributed by atoms with Gasteiger partial charge in [-0.15, -0.1) is 11.8 Å². The Labute approximate surface area is 190 Å². The van der Waals surface area contributed by atoms with E-state index >= 15 is 0 Å². The third-order valence-electron chi connectivity index (χ3n) is 5.05. The Morgan fingerprint density at radius 1 is 1.13 bits per heavy atom. The number of anilines is 1. The number of fused-ring (bicyclic) bond motifs is 1. The number of rotatable bonds is 9. The van der Waals surface area contributed by atoms with Crippen molar-refractivity contribution in [3.05, 3.63) is 30.7 Å². The zero-order valence-electron chi connectivity index (χ0n) is 17.7. The van der Waals surface area contributed by atoms with Crippen LogP contribution in [0.5, 0.6) is 0 Å². The first kappa shape index (κ1) is 21.9. The second kappa shape index (κ2) is 10.8. The summed E-state index contributed by atoms with van der Waals surface area (Å²) in [4.78, 5) is 29.2.